The molecule has 24 heavy (non-hydrogen) atoms. The van der Waals surface area contributed by atoms with Gasteiger partial charge in [0, 0.05) is 31.7 Å². The van der Waals surface area contributed by atoms with Crippen LogP contribution in [0.15, 0.2) is 4.99 Å². The molecule has 0 aromatic carbocycles. The Bertz CT molecular complexity index is 406. The van der Waals surface area contributed by atoms with Gasteiger partial charge in [-0.25, -0.2) is 0 Å². The fraction of sp³-hybridized carbons (Fsp3) is 0.947. The monoisotopic (exact) mass is 340 g/mol. The topological polar surface area (TPSA) is 48.9 Å². The van der Waals surface area contributed by atoms with Crippen molar-refractivity contribution in [3.8, 4) is 0 Å². The number of nitrogens with one attached hydrogen (secondary N) is 2. The molecule has 2 N–H and O–H groups in total. The van der Waals surface area contributed by atoms with Gasteiger partial charge >= 0.3 is 0 Å². The van der Waals surface area contributed by atoms with Crippen LogP contribution in [0.3, 0.4) is 0 Å². The molecule has 1 saturated carbocycles. The summed E-state index contributed by atoms with van der Waals surface area (Å²) in [7, 11) is 3.65. The van der Waals surface area contributed by atoms with Crippen LogP contribution in [-0.4, -0.2) is 62.3 Å². The molecule has 1 aliphatic carbocycles. The van der Waals surface area contributed by atoms with Gasteiger partial charge in [0.05, 0.1) is 5.60 Å². The van der Waals surface area contributed by atoms with Crippen LogP contribution in [0.1, 0.15) is 60.8 Å². The third kappa shape index (κ3) is 4.85. The minimum Gasteiger partial charge on any atom is -0.378 e. The molecule has 0 amide bonds. The highest BCUT2D eigenvalue weighted by Crippen LogP contribution is 2.51. The van der Waals surface area contributed by atoms with Crippen LogP contribution >= 0.6 is 0 Å². The fourth-order valence-electron chi connectivity index (χ4n) is 3.53. The zero-order valence-corrected chi connectivity index (χ0v) is 17.2. The first-order valence-corrected chi connectivity index (χ1v) is 9.51. The molecule has 1 fully saturated rings. The molecule has 0 aliphatic heterocycles. The molecule has 3 atom stereocenters. The normalized spacial score (nSPS) is 27.7. The summed E-state index contributed by atoms with van der Waals surface area (Å²) >= 11 is 0. The zero-order chi connectivity index (χ0) is 18.4. The summed E-state index contributed by atoms with van der Waals surface area (Å²) in [4.78, 5) is 6.88. The van der Waals surface area contributed by atoms with Crippen LogP contribution in [-0.2, 0) is 4.74 Å². The van der Waals surface area contributed by atoms with Crippen molar-refractivity contribution >= 4 is 5.96 Å². The van der Waals surface area contributed by atoms with Crippen molar-refractivity contribution < 1.29 is 4.74 Å². The maximum Gasteiger partial charge on any atom is 0.191 e. The van der Waals surface area contributed by atoms with E-state index in [1.807, 2.05) is 14.2 Å². The number of nitrogens with zero attached hydrogens (tertiary/aromatic N) is 2. The van der Waals surface area contributed by atoms with Crippen LogP contribution in [0.2, 0.25) is 0 Å². The highest BCUT2D eigenvalue weighted by molar-refractivity contribution is 5.80. The molecule has 5 nitrogen and oxygen atoms in total. The first-order chi connectivity index (χ1) is 11.2. The molecule has 0 radical (unpaired) electrons. The zero-order valence-electron chi connectivity index (χ0n) is 17.2. The molecular weight excluding hydrogens is 300 g/mol. The van der Waals surface area contributed by atoms with Gasteiger partial charge in [0.2, 0.25) is 0 Å². The average molecular weight is 341 g/mol. The number of hydrogen-bond acceptors (Lipinski definition) is 3. The average Bonchev–Trinajstić information content (AvgIpc) is 2.57. The van der Waals surface area contributed by atoms with E-state index in [9.17, 15) is 0 Å². The smallest absolute Gasteiger partial charge is 0.191 e. The lowest BCUT2D eigenvalue weighted by atomic mass is 9.56. The summed E-state index contributed by atoms with van der Waals surface area (Å²) < 4.78 is 5.71. The van der Waals surface area contributed by atoms with Crippen LogP contribution in [0.5, 0.6) is 0 Å². The fourth-order valence-corrected chi connectivity index (χ4v) is 3.53. The maximum absolute atomic E-state index is 5.71. The second-order valence-corrected chi connectivity index (χ2v) is 7.84. The Morgan fingerprint density at radius 2 is 1.92 bits per heavy atom. The van der Waals surface area contributed by atoms with E-state index < -0.39 is 0 Å². The summed E-state index contributed by atoms with van der Waals surface area (Å²) in [5.74, 6) is 0.904. The highest BCUT2D eigenvalue weighted by atomic mass is 16.5. The Morgan fingerprint density at radius 3 is 2.38 bits per heavy atom. The molecular formula is C19H40N4O. The predicted molar refractivity (Wildman–Crippen MR) is 104 cm³/mol. The summed E-state index contributed by atoms with van der Waals surface area (Å²) in [6.45, 7) is 16.9. The number of guanidine groups is 1. The van der Waals surface area contributed by atoms with Crippen LogP contribution in [0.25, 0.3) is 0 Å². The number of hydrogen-bond donors (Lipinski definition) is 2. The number of ether oxygens (including phenoxy) is 1. The van der Waals surface area contributed by atoms with Gasteiger partial charge in [0.25, 0.3) is 0 Å². The minimum absolute atomic E-state index is 0.0566. The summed E-state index contributed by atoms with van der Waals surface area (Å²) in [5.41, 5.74) is 0.0320. The largest absolute Gasteiger partial charge is 0.378 e. The summed E-state index contributed by atoms with van der Waals surface area (Å²) in [6, 6.07) is 0.806. The van der Waals surface area contributed by atoms with E-state index in [0.29, 0.717) is 12.1 Å². The predicted octanol–water partition coefficient (Wildman–Crippen LogP) is 2.87. The van der Waals surface area contributed by atoms with Crippen LogP contribution in [0, 0.1) is 5.41 Å². The van der Waals surface area contributed by atoms with Crippen molar-refractivity contribution in [2.24, 2.45) is 10.4 Å². The standard InChI is InChI=1S/C19H40N4O/c1-9-23(10-2)13-11-12-15(3)21-17(20-7)22-16-14-19(6,24-8)18(16,4)5/h15-16H,9-14H2,1-8H3,(H2,20,21,22). The third-order valence-electron chi connectivity index (χ3n) is 6.20. The van der Waals surface area contributed by atoms with Crippen molar-refractivity contribution in [1.82, 2.24) is 15.5 Å². The quantitative estimate of drug-likeness (QED) is 0.500. The number of methoxy groups -OCH3 is 1. The van der Waals surface area contributed by atoms with Gasteiger partial charge < -0.3 is 20.3 Å². The summed E-state index contributed by atoms with van der Waals surface area (Å²) in [5, 5.41) is 7.12. The van der Waals surface area contributed by atoms with Crippen LogP contribution in [0.4, 0.5) is 0 Å². The lowest BCUT2D eigenvalue weighted by Crippen LogP contribution is -2.69. The lowest BCUT2D eigenvalue weighted by Gasteiger charge is -2.59. The maximum atomic E-state index is 5.71. The molecule has 0 heterocycles. The molecule has 0 saturated heterocycles. The Balaban J connectivity index is 2.41. The lowest BCUT2D eigenvalue weighted by molar-refractivity contribution is -0.176. The van der Waals surface area contributed by atoms with Crippen molar-refractivity contribution in [1.29, 1.82) is 0 Å². The second-order valence-electron chi connectivity index (χ2n) is 7.84. The van der Waals surface area contributed by atoms with Gasteiger partial charge in [-0.1, -0.05) is 27.7 Å². The Labute approximate surface area is 149 Å². The van der Waals surface area contributed by atoms with Gasteiger partial charge in [-0.3, -0.25) is 4.99 Å². The first-order valence-electron chi connectivity index (χ1n) is 9.51. The van der Waals surface area contributed by atoms with E-state index in [1.165, 1.54) is 13.0 Å². The molecule has 142 valence electrons. The van der Waals surface area contributed by atoms with Gasteiger partial charge in [-0.2, -0.15) is 0 Å². The highest BCUT2D eigenvalue weighted by Gasteiger charge is 2.58. The third-order valence-corrected chi connectivity index (χ3v) is 6.20. The van der Waals surface area contributed by atoms with Gasteiger partial charge in [0.1, 0.15) is 0 Å². The second kappa shape index (κ2) is 9.04. The SMILES string of the molecule is CCN(CC)CCCC(C)NC(=NC)NC1CC(C)(OC)C1(C)C. The molecule has 5 heteroatoms. The molecule has 3 unspecified atom stereocenters. The number of rotatable bonds is 9. The van der Waals surface area contributed by atoms with E-state index in [2.05, 4.69) is 62.1 Å². The first kappa shape index (κ1) is 21.2. The van der Waals surface area contributed by atoms with E-state index in [1.54, 1.807) is 0 Å². The van der Waals surface area contributed by atoms with Crippen molar-refractivity contribution in [2.75, 3.05) is 33.8 Å². The van der Waals surface area contributed by atoms with E-state index in [0.717, 1.165) is 31.9 Å². The van der Waals surface area contributed by atoms with Crippen molar-refractivity contribution in [3.63, 3.8) is 0 Å². The molecule has 0 spiro atoms. The minimum atomic E-state index is -0.0566. The Hall–Kier alpha value is -0.810. The molecule has 1 aliphatic rings. The molecule has 0 aromatic heterocycles. The van der Waals surface area contributed by atoms with Crippen molar-refractivity contribution in [2.45, 2.75) is 78.5 Å². The van der Waals surface area contributed by atoms with Crippen molar-refractivity contribution in [3.05, 3.63) is 0 Å². The Kier molecular flexibility index (Phi) is 8.00. The van der Waals surface area contributed by atoms with Crippen LogP contribution < -0.4 is 10.6 Å². The molecule has 0 aromatic rings. The van der Waals surface area contributed by atoms with Gasteiger partial charge in [-0.05, 0) is 52.7 Å². The number of aliphatic imine (C=N–C) groups is 1. The van der Waals surface area contributed by atoms with E-state index in [4.69, 9.17) is 4.74 Å². The van der Waals surface area contributed by atoms with Gasteiger partial charge in [-0.15, -0.1) is 0 Å². The van der Waals surface area contributed by atoms with Gasteiger partial charge in [0.15, 0.2) is 5.96 Å². The van der Waals surface area contributed by atoms with E-state index >= 15 is 0 Å². The molecule has 0 bridgehead atoms. The molecule has 1 rings (SSSR count). The summed E-state index contributed by atoms with van der Waals surface area (Å²) in [6.07, 6.45) is 3.37. The van der Waals surface area contributed by atoms with E-state index in [-0.39, 0.29) is 11.0 Å². The Morgan fingerprint density at radius 1 is 1.29 bits per heavy atom.